The maximum absolute atomic E-state index is 11.4. The molecule has 0 unspecified atom stereocenters. The lowest BCUT2D eigenvalue weighted by atomic mass is 10.1. The molecule has 0 saturated carbocycles. The standard InChI is InChI=1S/C13H18N6O4/c1-4-23-10(20)6-5-7-14-11-8(2)9(3)18-13(15-16-17-18)12(11)19(21)22/h14H,4-7H2,1-3H3. The van der Waals surface area contributed by atoms with Crippen molar-refractivity contribution in [3.05, 3.63) is 21.4 Å². The van der Waals surface area contributed by atoms with Gasteiger partial charge in [0.1, 0.15) is 5.69 Å². The number of nitrogens with one attached hydrogen (secondary N) is 1. The van der Waals surface area contributed by atoms with Crippen LogP contribution in [0, 0.1) is 24.0 Å². The average Bonchev–Trinajstić information content (AvgIpc) is 2.97. The minimum Gasteiger partial charge on any atom is -0.466 e. The number of pyridine rings is 1. The van der Waals surface area contributed by atoms with Crippen LogP contribution in [0.2, 0.25) is 0 Å². The molecule has 124 valence electrons. The lowest BCUT2D eigenvalue weighted by Gasteiger charge is -2.12. The summed E-state index contributed by atoms with van der Waals surface area (Å²) in [5.41, 5.74) is 1.69. The Kier molecular flexibility index (Phi) is 5.04. The normalized spacial score (nSPS) is 10.7. The average molecular weight is 322 g/mol. The van der Waals surface area contributed by atoms with Crippen LogP contribution < -0.4 is 5.32 Å². The highest BCUT2D eigenvalue weighted by molar-refractivity contribution is 5.78. The van der Waals surface area contributed by atoms with E-state index in [2.05, 4.69) is 20.8 Å². The second-order valence-electron chi connectivity index (χ2n) is 4.94. The largest absolute Gasteiger partial charge is 0.466 e. The van der Waals surface area contributed by atoms with Crippen molar-refractivity contribution in [1.82, 2.24) is 20.0 Å². The van der Waals surface area contributed by atoms with Gasteiger partial charge in [-0.15, -0.1) is 5.10 Å². The number of hydrogen-bond donors (Lipinski definition) is 1. The summed E-state index contributed by atoms with van der Waals surface area (Å²) in [6.07, 6.45) is 0.756. The Morgan fingerprint density at radius 3 is 2.83 bits per heavy atom. The van der Waals surface area contributed by atoms with Crippen LogP contribution in [0.1, 0.15) is 31.0 Å². The van der Waals surface area contributed by atoms with Gasteiger partial charge in [-0.1, -0.05) is 0 Å². The second kappa shape index (κ2) is 6.99. The molecule has 10 nitrogen and oxygen atoms in total. The predicted octanol–water partition coefficient (Wildman–Crippen LogP) is 1.40. The van der Waals surface area contributed by atoms with Gasteiger partial charge < -0.3 is 10.1 Å². The van der Waals surface area contributed by atoms with Crippen LogP contribution in [-0.4, -0.2) is 44.1 Å². The maximum atomic E-state index is 11.4. The number of aryl methyl sites for hydroxylation is 1. The van der Waals surface area contributed by atoms with E-state index in [9.17, 15) is 14.9 Å². The van der Waals surface area contributed by atoms with E-state index in [1.165, 1.54) is 4.52 Å². The number of carbonyl (C=O) groups is 1. The summed E-state index contributed by atoms with van der Waals surface area (Å²) in [6.45, 7) is 6.03. The third-order valence-electron chi connectivity index (χ3n) is 3.50. The third kappa shape index (κ3) is 3.35. The van der Waals surface area contributed by atoms with Gasteiger partial charge in [-0.25, -0.2) is 0 Å². The first kappa shape index (κ1) is 16.6. The fourth-order valence-corrected chi connectivity index (χ4v) is 2.26. The van der Waals surface area contributed by atoms with Crippen molar-refractivity contribution < 1.29 is 14.5 Å². The molecule has 10 heteroatoms. The van der Waals surface area contributed by atoms with Gasteiger partial charge in [0.15, 0.2) is 0 Å². The first-order valence-corrected chi connectivity index (χ1v) is 7.22. The Hall–Kier alpha value is -2.78. The summed E-state index contributed by atoms with van der Waals surface area (Å²) in [4.78, 5) is 22.2. The zero-order chi connectivity index (χ0) is 17.0. The van der Waals surface area contributed by atoms with Crippen molar-refractivity contribution in [2.24, 2.45) is 0 Å². The van der Waals surface area contributed by atoms with Gasteiger partial charge >= 0.3 is 11.7 Å². The molecular formula is C13H18N6O4. The Morgan fingerprint density at radius 2 is 2.17 bits per heavy atom. The molecule has 0 aliphatic carbocycles. The topological polar surface area (TPSA) is 125 Å². The van der Waals surface area contributed by atoms with E-state index in [4.69, 9.17) is 4.74 Å². The molecule has 0 aliphatic rings. The van der Waals surface area contributed by atoms with E-state index in [0.29, 0.717) is 36.5 Å². The quantitative estimate of drug-likeness (QED) is 0.351. The molecule has 0 aromatic carbocycles. The van der Waals surface area contributed by atoms with E-state index >= 15 is 0 Å². The van der Waals surface area contributed by atoms with Crippen LogP contribution in [0.15, 0.2) is 0 Å². The molecule has 2 heterocycles. The number of tetrazole rings is 1. The van der Waals surface area contributed by atoms with Crippen LogP contribution in [-0.2, 0) is 9.53 Å². The molecule has 0 saturated heterocycles. The molecule has 0 aliphatic heterocycles. The van der Waals surface area contributed by atoms with Crippen molar-refractivity contribution in [2.75, 3.05) is 18.5 Å². The number of anilines is 1. The Morgan fingerprint density at radius 1 is 1.43 bits per heavy atom. The predicted molar refractivity (Wildman–Crippen MR) is 81.3 cm³/mol. The fraction of sp³-hybridized carbons (Fsp3) is 0.538. The third-order valence-corrected chi connectivity index (χ3v) is 3.50. The highest BCUT2D eigenvalue weighted by Crippen LogP contribution is 2.33. The van der Waals surface area contributed by atoms with E-state index < -0.39 is 4.92 Å². The SMILES string of the molecule is CCOC(=O)CCCNc1c(C)c(C)n2nnnc2c1[N+](=O)[O-]. The Bertz CT molecular complexity index is 742. The number of nitrogens with zero attached hydrogens (tertiary/aromatic N) is 5. The van der Waals surface area contributed by atoms with Gasteiger partial charge in [-0.05, 0) is 37.6 Å². The summed E-state index contributed by atoms with van der Waals surface area (Å²) in [6, 6.07) is 0. The van der Waals surface area contributed by atoms with Gasteiger partial charge in [0.05, 0.1) is 11.5 Å². The lowest BCUT2D eigenvalue weighted by Crippen LogP contribution is -2.12. The van der Waals surface area contributed by atoms with Gasteiger partial charge in [-0.3, -0.25) is 14.9 Å². The van der Waals surface area contributed by atoms with Crippen LogP contribution in [0.4, 0.5) is 11.4 Å². The van der Waals surface area contributed by atoms with Crippen LogP contribution in [0.25, 0.3) is 5.65 Å². The van der Waals surface area contributed by atoms with Crippen molar-refractivity contribution in [3.8, 4) is 0 Å². The number of hydrogen-bond acceptors (Lipinski definition) is 8. The fourth-order valence-electron chi connectivity index (χ4n) is 2.26. The number of carbonyl (C=O) groups excluding carboxylic acids is 1. The van der Waals surface area contributed by atoms with Gasteiger partial charge in [0.25, 0.3) is 5.65 Å². The highest BCUT2D eigenvalue weighted by atomic mass is 16.6. The van der Waals surface area contributed by atoms with Gasteiger partial charge in [0.2, 0.25) is 0 Å². The molecule has 1 N–H and O–H groups in total. The summed E-state index contributed by atoms with van der Waals surface area (Å²) in [5.74, 6) is -0.284. The molecule has 0 radical (unpaired) electrons. The van der Waals surface area contributed by atoms with Crippen molar-refractivity contribution >= 4 is 23.0 Å². The number of esters is 1. The second-order valence-corrected chi connectivity index (χ2v) is 4.94. The number of aromatic nitrogens is 4. The van der Waals surface area contributed by atoms with Crippen molar-refractivity contribution in [3.63, 3.8) is 0 Å². The van der Waals surface area contributed by atoms with Crippen LogP contribution in [0.5, 0.6) is 0 Å². The molecular weight excluding hydrogens is 304 g/mol. The molecule has 23 heavy (non-hydrogen) atoms. The number of nitro groups is 1. The molecule has 2 rings (SSSR count). The smallest absolute Gasteiger partial charge is 0.338 e. The minimum absolute atomic E-state index is 0.0889. The zero-order valence-electron chi connectivity index (χ0n) is 13.2. The lowest BCUT2D eigenvalue weighted by molar-refractivity contribution is -0.382. The molecule has 0 fully saturated rings. The number of ether oxygens (including phenoxy) is 1. The Balaban J connectivity index is 2.22. The summed E-state index contributed by atoms with van der Waals surface area (Å²) in [5, 5.41) is 25.4. The van der Waals surface area contributed by atoms with E-state index in [0.717, 1.165) is 0 Å². The minimum atomic E-state index is -0.508. The molecule has 0 spiro atoms. The van der Waals surface area contributed by atoms with E-state index in [-0.39, 0.29) is 23.7 Å². The molecule has 2 aromatic rings. The van der Waals surface area contributed by atoms with Crippen LogP contribution >= 0.6 is 0 Å². The Labute approximate surface area is 132 Å². The highest BCUT2D eigenvalue weighted by Gasteiger charge is 2.26. The zero-order valence-corrected chi connectivity index (χ0v) is 13.2. The molecule has 0 bridgehead atoms. The monoisotopic (exact) mass is 322 g/mol. The molecule has 0 amide bonds. The number of rotatable bonds is 7. The van der Waals surface area contributed by atoms with Crippen LogP contribution in [0.3, 0.4) is 0 Å². The van der Waals surface area contributed by atoms with Crippen molar-refractivity contribution in [2.45, 2.75) is 33.6 Å². The first-order valence-electron chi connectivity index (χ1n) is 7.22. The van der Waals surface area contributed by atoms with E-state index in [1.54, 1.807) is 20.8 Å². The summed E-state index contributed by atoms with van der Waals surface area (Å²) >= 11 is 0. The maximum Gasteiger partial charge on any atom is 0.338 e. The molecule has 2 aromatic heterocycles. The van der Waals surface area contributed by atoms with E-state index in [1.807, 2.05) is 0 Å². The number of fused-ring (bicyclic) bond motifs is 1. The summed E-state index contributed by atoms with van der Waals surface area (Å²) in [7, 11) is 0. The summed E-state index contributed by atoms with van der Waals surface area (Å²) < 4.78 is 6.19. The van der Waals surface area contributed by atoms with Gasteiger partial charge in [-0.2, -0.15) is 4.52 Å². The van der Waals surface area contributed by atoms with Gasteiger partial charge in [0, 0.05) is 24.2 Å². The van der Waals surface area contributed by atoms with Crippen molar-refractivity contribution in [1.29, 1.82) is 0 Å². The molecule has 0 atom stereocenters. The first-order chi connectivity index (χ1) is 11.0.